The minimum absolute atomic E-state index is 0.384. The first-order valence-corrected chi connectivity index (χ1v) is 6.88. The van der Waals surface area contributed by atoms with Crippen molar-refractivity contribution < 1.29 is 0 Å². The lowest BCUT2D eigenvalue weighted by Crippen LogP contribution is -2.42. The summed E-state index contributed by atoms with van der Waals surface area (Å²) in [6.07, 6.45) is 5.22. The Morgan fingerprint density at radius 2 is 1.88 bits per heavy atom. The second-order valence-corrected chi connectivity index (χ2v) is 5.65. The Hall–Kier alpha value is -0.860. The van der Waals surface area contributed by atoms with Crippen molar-refractivity contribution in [3.8, 4) is 0 Å². The van der Waals surface area contributed by atoms with Crippen molar-refractivity contribution in [1.82, 2.24) is 4.90 Å². The Morgan fingerprint density at radius 3 is 2.53 bits per heavy atom. The third-order valence-corrected chi connectivity index (χ3v) is 3.98. The van der Waals surface area contributed by atoms with Gasteiger partial charge in [0.2, 0.25) is 0 Å². The minimum Gasteiger partial charge on any atom is -0.327 e. The van der Waals surface area contributed by atoms with E-state index in [1.54, 1.807) is 0 Å². The topological polar surface area (TPSA) is 29.3 Å². The fourth-order valence-electron chi connectivity index (χ4n) is 2.80. The molecule has 1 aromatic rings. The molecule has 1 aliphatic heterocycles. The third kappa shape index (κ3) is 2.88. The second-order valence-electron chi connectivity index (χ2n) is 5.65. The Kier molecular flexibility index (Phi) is 3.17. The molecule has 2 fully saturated rings. The van der Waals surface area contributed by atoms with Crippen LogP contribution in [0.15, 0.2) is 24.3 Å². The first kappa shape index (κ1) is 11.2. The fraction of sp³-hybridized carbons (Fsp3) is 0.600. The summed E-state index contributed by atoms with van der Waals surface area (Å²) in [6, 6.07) is 9.62. The van der Waals surface area contributed by atoms with E-state index in [1.165, 1.54) is 43.4 Å². The molecule has 0 aromatic heterocycles. The van der Waals surface area contributed by atoms with E-state index >= 15 is 0 Å². The van der Waals surface area contributed by atoms with Gasteiger partial charge in [0.05, 0.1) is 0 Å². The molecule has 2 N–H and O–H groups in total. The van der Waals surface area contributed by atoms with Gasteiger partial charge in [-0.2, -0.15) is 0 Å². The van der Waals surface area contributed by atoms with Gasteiger partial charge in [-0.1, -0.05) is 24.3 Å². The fourth-order valence-corrected chi connectivity index (χ4v) is 2.80. The molecule has 1 atom stereocenters. The van der Waals surface area contributed by atoms with Gasteiger partial charge >= 0.3 is 0 Å². The number of likely N-dealkylation sites (tertiary alicyclic amines) is 1. The Morgan fingerprint density at radius 1 is 1.12 bits per heavy atom. The van der Waals surface area contributed by atoms with E-state index in [2.05, 4.69) is 29.2 Å². The van der Waals surface area contributed by atoms with E-state index < -0.39 is 0 Å². The quantitative estimate of drug-likeness (QED) is 0.864. The van der Waals surface area contributed by atoms with Crippen LogP contribution in [-0.4, -0.2) is 24.0 Å². The number of piperidine rings is 1. The highest BCUT2D eigenvalue weighted by Crippen LogP contribution is 2.39. The summed E-state index contributed by atoms with van der Waals surface area (Å²) in [5, 5.41) is 0. The zero-order valence-electron chi connectivity index (χ0n) is 10.4. The average molecular weight is 230 g/mol. The van der Waals surface area contributed by atoms with E-state index in [4.69, 9.17) is 5.73 Å². The SMILES string of the molecule is NC1CCCN(Cc2ccc(C3CC3)cc2)C1. The van der Waals surface area contributed by atoms with E-state index in [0.717, 1.165) is 19.0 Å². The van der Waals surface area contributed by atoms with Crippen molar-refractivity contribution in [2.45, 2.75) is 44.2 Å². The van der Waals surface area contributed by atoms with Gasteiger partial charge < -0.3 is 5.73 Å². The van der Waals surface area contributed by atoms with Crippen molar-refractivity contribution in [2.24, 2.45) is 5.73 Å². The first-order chi connectivity index (χ1) is 8.31. The van der Waals surface area contributed by atoms with Crippen molar-refractivity contribution in [2.75, 3.05) is 13.1 Å². The maximum atomic E-state index is 6.01. The molecular weight excluding hydrogens is 208 g/mol. The number of rotatable bonds is 3. The van der Waals surface area contributed by atoms with Crippen molar-refractivity contribution in [1.29, 1.82) is 0 Å². The van der Waals surface area contributed by atoms with Gasteiger partial charge in [-0.15, -0.1) is 0 Å². The predicted molar refractivity (Wildman–Crippen MR) is 70.9 cm³/mol. The van der Waals surface area contributed by atoms with Gasteiger partial charge in [0, 0.05) is 19.1 Å². The molecule has 1 saturated carbocycles. The maximum absolute atomic E-state index is 6.01. The van der Waals surface area contributed by atoms with Gasteiger partial charge in [-0.3, -0.25) is 4.90 Å². The molecule has 0 amide bonds. The molecule has 17 heavy (non-hydrogen) atoms. The molecule has 0 radical (unpaired) electrons. The summed E-state index contributed by atoms with van der Waals surface area (Å²) >= 11 is 0. The highest BCUT2D eigenvalue weighted by atomic mass is 15.1. The molecule has 1 aromatic carbocycles. The van der Waals surface area contributed by atoms with Gasteiger partial charge in [0.15, 0.2) is 0 Å². The normalized spacial score (nSPS) is 26.1. The van der Waals surface area contributed by atoms with Crippen molar-refractivity contribution >= 4 is 0 Å². The van der Waals surface area contributed by atoms with Crippen LogP contribution in [0.1, 0.15) is 42.7 Å². The molecule has 0 spiro atoms. The van der Waals surface area contributed by atoms with Crippen LogP contribution in [0.2, 0.25) is 0 Å². The van der Waals surface area contributed by atoms with E-state index in [0.29, 0.717) is 6.04 Å². The van der Waals surface area contributed by atoms with Gasteiger partial charge in [-0.05, 0) is 49.3 Å². The van der Waals surface area contributed by atoms with Gasteiger partial charge in [-0.25, -0.2) is 0 Å². The smallest absolute Gasteiger partial charge is 0.0234 e. The monoisotopic (exact) mass is 230 g/mol. The molecular formula is C15H22N2. The molecule has 1 heterocycles. The third-order valence-electron chi connectivity index (χ3n) is 3.98. The van der Waals surface area contributed by atoms with Crippen molar-refractivity contribution in [3.05, 3.63) is 35.4 Å². The van der Waals surface area contributed by atoms with Crippen LogP contribution >= 0.6 is 0 Å². The summed E-state index contributed by atoms with van der Waals surface area (Å²) in [5.41, 5.74) is 8.97. The predicted octanol–water partition coefficient (Wildman–Crippen LogP) is 2.49. The summed E-state index contributed by atoms with van der Waals surface area (Å²) in [5.74, 6) is 0.868. The standard InChI is InChI=1S/C15H22N2/c16-15-2-1-9-17(11-15)10-12-3-5-13(6-4-12)14-7-8-14/h3-6,14-15H,1-2,7-11,16H2. The van der Waals surface area contributed by atoms with Crippen LogP contribution in [0.25, 0.3) is 0 Å². The first-order valence-electron chi connectivity index (χ1n) is 6.88. The zero-order valence-corrected chi connectivity index (χ0v) is 10.4. The molecule has 1 aliphatic carbocycles. The average Bonchev–Trinajstić information content (AvgIpc) is 3.14. The zero-order chi connectivity index (χ0) is 11.7. The second kappa shape index (κ2) is 4.79. The van der Waals surface area contributed by atoms with Crippen LogP contribution in [-0.2, 0) is 6.54 Å². The molecule has 92 valence electrons. The lowest BCUT2D eigenvalue weighted by atomic mass is 10.0. The number of nitrogens with two attached hydrogens (primary N) is 1. The van der Waals surface area contributed by atoms with E-state index in [-0.39, 0.29) is 0 Å². The maximum Gasteiger partial charge on any atom is 0.0234 e. The Balaban J connectivity index is 1.60. The molecule has 3 rings (SSSR count). The number of hydrogen-bond acceptors (Lipinski definition) is 2. The molecule has 2 aliphatic rings. The lowest BCUT2D eigenvalue weighted by Gasteiger charge is -2.30. The molecule has 1 saturated heterocycles. The highest BCUT2D eigenvalue weighted by molar-refractivity contribution is 5.28. The highest BCUT2D eigenvalue weighted by Gasteiger charge is 2.23. The molecule has 0 bridgehead atoms. The van der Waals surface area contributed by atoms with Crippen LogP contribution in [0.5, 0.6) is 0 Å². The van der Waals surface area contributed by atoms with Crippen molar-refractivity contribution in [3.63, 3.8) is 0 Å². The molecule has 2 heteroatoms. The number of nitrogens with zero attached hydrogens (tertiary/aromatic N) is 1. The number of benzene rings is 1. The summed E-state index contributed by atoms with van der Waals surface area (Å²) in [7, 11) is 0. The summed E-state index contributed by atoms with van der Waals surface area (Å²) in [4.78, 5) is 2.49. The summed E-state index contributed by atoms with van der Waals surface area (Å²) in [6.45, 7) is 3.33. The molecule has 1 unspecified atom stereocenters. The Bertz CT molecular complexity index is 367. The van der Waals surface area contributed by atoms with E-state index in [1.807, 2.05) is 0 Å². The summed E-state index contributed by atoms with van der Waals surface area (Å²) < 4.78 is 0. The van der Waals surface area contributed by atoms with Crippen LogP contribution in [0.4, 0.5) is 0 Å². The number of hydrogen-bond donors (Lipinski definition) is 1. The van der Waals surface area contributed by atoms with Gasteiger partial charge in [0.1, 0.15) is 0 Å². The van der Waals surface area contributed by atoms with Crippen LogP contribution in [0, 0.1) is 0 Å². The van der Waals surface area contributed by atoms with Gasteiger partial charge in [0.25, 0.3) is 0 Å². The minimum atomic E-state index is 0.384. The Labute approximate surface area is 104 Å². The molecule has 2 nitrogen and oxygen atoms in total. The van der Waals surface area contributed by atoms with Crippen LogP contribution in [0.3, 0.4) is 0 Å². The largest absolute Gasteiger partial charge is 0.327 e. The lowest BCUT2D eigenvalue weighted by molar-refractivity contribution is 0.201. The van der Waals surface area contributed by atoms with Crippen LogP contribution < -0.4 is 5.73 Å². The van der Waals surface area contributed by atoms with E-state index in [9.17, 15) is 0 Å².